The lowest BCUT2D eigenvalue weighted by atomic mass is 9.95. The number of hydrogen-bond acceptors (Lipinski definition) is 2. The third kappa shape index (κ3) is 3.05. The van der Waals surface area contributed by atoms with E-state index in [4.69, 9.17) is 5.73 Å². The molecule has 0 aromatic heterocycles. The summed E-state index contributed by atoms with van der Waals surface area (Å²) in [5, 5.41) is 9.26. The zero-order chi connectivity index (χ0) is 9.07. The molecule has 62 valence electrons. The van der Waals surface area contributed by atoms with Crippen LogP contribution in [0, 0.1) is 0 Å². The normalized spacial score (nSPS) is 12.8. The van der Waals surface area contributed by atoms with Crippen molar-refractivity contribution in [1.82, 2.24) is 0 Å². The van der Waals surface area contributed by atoms with Crippen LogP contribution in [0.4, 0.5) is 0 Å². The van der Waals surface area contributed by atoms with Gasteiger partial charge in [0.05, 0.1) is 0 Å². The van der Waals surface area contributed by atoms with Gasteiger partial charge in [0.25, 0.3) is 0 Å². The van der Waals surface area contributed by atoms with Crippen LogP contribution in [0.15, 0.2) is 36.6 Å². The van der Waals surface area contributed by atoms with Gasteiger partial charge in [-0.3, -0.25) is 0 Å². The van der Waals surface area contributed by atoms with Crippen molar-refractivity contribution in [3.8, 4) is 0 Å². The monoisotopic (exact) mass is 153 g/mol. The van der Waals surface area contributed by atoms with E-state index in [0.29, 0.717) is 5.57 Å². The summed E-state index contributed by atoms with van der Waals surface area (Å²) in [5.41, 5.74) is 5.61. The predicted molar refractivity (Wildman–Crippen MR) is 48.3 cm³/mol. The van der Waals surface area contributed by atoms with E-state index < -0.39 is 5.54 Å². The molecule has 0 amide bonds. The van der Waals surface area contributed by atoms with Gasteiger partial charge in [0.2, 0.25) is 0 Å². The summed E-state index contributed by atoms with van der Waals surface area (Å²) >= 11 is 0. The second-order valence-corrected chi connectivity index (χ2v) is 2.99. The average Bonchev–Trinajstić information content (AvgIpc) is 1.85. The van der Waals surface area contributed by atoms with Crippen LogP contribution in [-0.4, -0.2) is 10.6 Å². The molecule has 0 aliphatic carbocycles. The van der Waals surface area contributed by atoms with E-state index in [1.807, 2.05) is 0 Å². The highest BCUT2D eigenvalue weighted by Crippen LogP contribution is 2.16. The van der Waals surface area contributed by atoms with E-state index in [9.17, 15) is 5.11 Å². The lowest BCUT2D eigenvalue weighted by Gasteiger charge is -2.20. The molecular formula is C9H15NO. The van der Waals surface area contributed by atoms with Gasteiger partial charge in [-0.15, -0.1) is 0 Å². The summed E-state index contributed by atoms with van der Waals surface area (Å²) in [4.78, 5) is 0. The van der Waals surface area contributed by atoms with Crippen LogP contribution in [0.3, 0.4) is 0 Å². The molecule has 0 saturated carbocycles. The fourth-order valence-corrected chi connectivity index (χ4v) is 0.542. The maximum Gasteiger partial charge on any atom is 0.119 e. The average molecular weight is 153 g/mol. The first-order valence-electron chi connectivity index (χ1n) is 3.40. The molecule has 0 bridgehead atoms. The van der Waals surface area contributed by atoms with Crippen LogP contribution in [0.2, 0.25) is 0 Å². The van der Waals surface area contributed by atoms with Gasteiger partial charge in [0.15, 0.2) is 0 Å². The van der Waals surface area contributed by atoms with Crippen molar-refractivity contribution in [1.29, 1.82) is 0 Å². The maximum absolute atomic E-state index is 9.26. The van der Waals surface area contributed by atoms with Crippen molar-refractivity contribution in [3.63, 3.8) is 0 Å². The Kier molecular flexibility index (Phi) is 3.08. The number of rotatable bonds is 3. The molecule has 0 spiro atoms. The molecule has 0 fully saturated rings. The molecule has 0 aromatic rings. The van der Waals surface area contributed by atoms with E-state index >= 15 is 0 Å². The zero-order valence-corrected chi connectivity index (χ0v) is 7.09. The van der Waals surface area contributed by atoms with Crippen molar-refractivity contribution >= 4 is 0 Å². The fraction of sp³-hybridized carbons (Fsp3) is 0.333. The molecule has 0 saturated heterocycles. The van der Waals surface area contributed by atoms with Gasteiger partial charge in [-0.1, -0.05) is 19.2 Å². The molecule has 2 nitrogen and oxygen atoms in total. The number of aliphatic hydroxyl groups is 1. The lowest BCUT2D eigenvalue weighted by Crippen LogP contribution is -2.34. The Morgan fingerprint density at radius 2 is 2.00 bits per heavy atom. The minimum Gasteiger partial charge on any atom is -0.508 e. The van der Waals surface area contributed by atoms with Crippen molar-refractivity contribution < 1.29 is 5.11 Å². The van der Waals surface area contributed by atoms with Gasteiger partial charge in [-0.25, -0.2) is 0 Å². The Morgan fingerprint density at radius 3 is 2.27 bits per heavy atom. The highest BCUT2D eigenvalue weighted by Gasteiger charge is 2.17. The van der Waals surface area contributed by atoms with Gasteiger partial charge in [-0.05, 0) is 19.9 Å². The molecular weight excluding hydrogens is 138 g/mol. The molecule has 3 N–H and O–H groups in total. The van der Waals surface area contributed by atoms with Crippen LogP contribution in [0.5, 0.6) is 0 Å². The minimum atomic E-state index is -0.580. The van der Waals surface area contributed by atoms with E-state index in [0.717, 1.165) is 0 Å². The van der Waals surface area contributed by atoms with Gasteiger partial charge >= 0.3 is 0 Å². The van der Waals surface area contributed by atoms with Crippen molar-refractivity contribution in [2.45, 2.75) is 19.4 Å². The van der Waals surface area contributed by atoms with E-state index in [2.05, 4.69) is 13.2 Å². The molecule has 0 aliphatic heterocycles. The third-order valence-electron chi connectivity index (χ3n) is 1.36. The van der Waals surface area contributed by atoms with Crippen LogP contribution >= 0.6 is 0 Å². The first-order chi connectivity index (χ1) is 4.89. The Bertz CT molecular complexity index is 196. The standard InChI is InChI=1S/C9H15NO/c1-5-6-8(11)7(2)9(3,4)10/h5-6,11H,1-2,10H2,3-4H3/b8-6+. The summed E-state index contributed by atoms with van der Waals surface area (Å²) in [6.45, 7) is 10.7. The highest BCUT2D eigenvalue weighted by molar-refractivity contribution is 5.32. The molecule has 0 atom stereocenters. The van der Waals surface area contributed by atoms with Crippen LogP contribution < -0.4 is 5.73 Å². The largest absolute Gasteiger partial charge is 0.508 e. The molecule has 0 rings (SSSR count). The summed E-state index contributed by atoms with van der Waals surface area (Å²) in [7, 11) is 0. The van der Waals surface area contributed by atoms with Gasteiger partial charge in [0.1, 0.15) is 5.76 Å². The van der Waals surface area contributed by atoms with Gasteiger partial charge in [0, 0.05) is 11.1 Å². The van der Waals surface area contributed by atoms with E-state index in [1.54, 1.807) is 13.8 Å². The summed E-state index contributed by atoms with van der Waals surface area (Å²) in [5.74, 6) is 0.0903. The molecule has 0 radical (unpaired) electrons. The molecule has 0 heterocycles. The molecule has 0 aromatic carbocycles. The lowest BCUT2D eigenvalue weighted by molar-refractivity contribution is 0.402. The number of allylic oxidation sites excluding steroid dienone is 2. The van der Waals surface area contributed by atoms with Crippen LogP contribution in [0.1, 0.15) is 13.8 Å². The fourth-order valence-electron chi connectivity index (χ4n) is 0.542. The molecule has 2 heteroatoms. The predicted octanol–water partition coefficient (Wildman–Crippen LogP) is 1.91. The number of hydrogen-bond donors (Lipinski definition) is 2. The van der Waals surface area contributed by atoms with Crippen molar-refractivity contribution in [2.75, 3.05) is 0 Å². The summed E-state index contributed by atoms with van der Waals surface area (Å²) in [6.07, 6.45) is 2.96. The highest BCUT2D eigenvalue weighted by atomic mass is 16.3. The maximum atomic E-state index is 9.26. The van der Waals surface area contributed by atoms with Crippen molar-refractivity contribution in [2.24, 2.45) is 5.73 Å². The van der Waals surface area contributed by atoms with Crippen molar-refractivity contribution in [3.05, 3.63) is 36.6 Å². The second-order valence-electron chi connectivity index (χ2n) is 2.99. The molecule has 0 aliphatic rings. The van der Waals surface area contributed by atoms with Gasteiger partial charge in [-0.2, -0.15) is 0 Å². The number of aliphatic hydroxyl groups excluding tert-OH is 1. The summed E-state index contributed by atoms with van der Waals surface area (Å²) in [6, 6.07) is 0. The van der Waals surface area contributed by atoms with E-state index in [-0.39, 0.29) is 5.76 Å². The Labute approximate surface area is 67.7 Å². The SMILES string of the molecule is C=C/C=C(/O)C(=C)C(C)(C)N. The Hall–Kier alpha value is -1.02. The summed E-state index contributed by atoms with van der Waals surface area (Å²) < 4.78 is 0. The first-order valence-corrected chi connectivity index (χ1v) is 3.40. The Morgan fingerprint density at radius 1 is 1.55 bits per heavy atom. The number of nitrogens with two attached hydrogens (primary N) is 1. The molecule has 11 heavy (non-hydrogen) atoms. The third-order valence-corrected chi connectivity index (χ3v) is 1.36. The van der Waals surface area contributed by atoms with Gasteiger partial charge < -0.3 is 10.8 Å². The first kappa shape index (κ1) is 9.98. The molecule has 0 unspecified atom stereocenters. The van der Waals surface area contributed by atoms with Crippen LogP contribution in [0.25, 0.3) is 0 Å². The zero-order valence-electron chi connectivity index (χ0n) is 7.09. The van der Waals surface area contributed by atoms with E-state index in [1.165, 1.54) is 12.2 Å². The smallest absolute Gasteiger partial charge is 0.119 e. The topological polar surface area (TPSA) is 46.2 Å². The second kappa shape index (κ2) is 3.39. The minimum absolute atomic E-state index is 0.0903. The Balaban J connectivity index is 4.51. The quantitative estimate of drug-likeness (QED) is 0.480. The van der Waals surface area contributed by atoms with Crippen LogP contribution in [-0.2, 0) is 0 Å².